The fourth-order valence-electron chi connectivity index (χ4n) is 4.16. The first-order chi connectivity index (χ1) is 10.2. The zero-order chi connectivity index (χ0) is 14.7. The Morgan fingerprint density at radius 3 is 2.57 bits per heavy atom. The van der Waals surface area contributed by atoms with Crippen molar-refractivity contribution in [1.29, 1.82) is 0 Å². The summed E-state index contributed by atoms with van der Waals surface area (Å²) in [5.74, 6) is 0.594. The largest absolute Gasteiger partial charge is 0.469 e. The van der Waals surface area contributed by atoms with Crippen molar-refractivity contribution in [1.82, 2.24) is 10.2 Å². The molecule has 3 fully saturated rings. The minimum atomic E-state index is -0.0566. The topological polar surface area (TPSA) is 41.6 Å². The third-order valence-electron chi connectivity index (χ3n) is 5.44. The average Bonchev–Trinajstić information content (AvgIpc) is 3.23. The number of ether oxygens (including phenoxy) is 1. The van der Waals surface area contributed by atoms with E-state index < -0.39 is 0 Å². The Hall–Kier alpha value is -0.610. The Kier molecular flexibility index (Phi) is 5.17. The van der Waals surface area contributed by atoms with Crippen molar-refractivity contribution in [2.24, 2.45) is 5.92 Å². The smallest absolute Gasteiger partial charge is 0.305 e. The van der Waals surface area contributed by atoms with Crippen LogP contribution in [0.3, 0.4) is 0 Å². The molecule has 0 spiro atoms. The van der Waals surface area contributed by atoms with Gasteiger partial charge in [-0.15, -0.1) is 0 Å². The van der Waals surface area contributed by atoms with E-state index in [1.165, 1.54) is 65.1 Å². The number of carbonyl (C=O) groups excluding carboxylic acids is 1. The Morgan fingerprint density at radius 1 is 1.14 bits per heavy atom. The molecule has 0 aromatic rings. The van der Waals surface area contributed by atoms with Gasteiger partial charge in [-0.3, -0.25) is 9.69 Å². The van der Waals surface area contributed by atoms with Crippen LogP contribution in [0, 0.1) is 5.92 Å². The first-order valence-corrected chi connectivity index (χ1v) is 8.81. The Labute approximate surface area is 128 Å². The summed E-state index contributed by atoms with van der Waals surface area (Å²) in [5.41, 5.74) is 0. The van der Waals surface area contributed by atoms with Crippen LogP contribution in [-0.2, 0) is 9.53 Å². The molecule has 3 rings (SSSR count). The van der Waals surface area contributed by atoms with E-state index in [0.717, 1.165) is 18.5 Å². The van der Waals surface area contributed by atoms with E-state index >= 15 is 0 Å². The molecule has 0 radical (unpaired) electrons. The summed E-state index contributed by atoms with van der Waals surface area (Å²) < 4.78 is 4.79. The van der Waals surface area contributed by atoms with Gasteiger partial charge in [-0.1, -0.05) is 12.8 Å². The van der Waals surface area contributed by atoms with E-state index in [9.17, 15) is 4.79 Å². The molecule has 120 valence electrons. The summed E-state index contributed by atoms with van der Waals surface area (Å²) in [7, 11) is 1.49. The molecule has 0 amide bonds. The van der Waals surface area contributed by atoms with Gasteiger partial charge < -0.3 is 10.1 Å². The van der Waals surface area contributed by atoms with Crippen molar-refractivity contribution in [2.45, 2.75) is 75.9 Å². The van der Waals surface area contributed by atoms with Gasteiger partial charge in [0.2, 0.25) is 0 Å². The molecular formula is C17H30N2O2. The van der Waals surface area contributed by atoms with E-state index in [0.29, 0.717) is 18.4 Å². The van der Waals surface area contributed by atoms with Gasteiger partial charge in [0.25, 0.3) is 0 Å². The molecule has 21 heavy (non-hydrogen) atoms. The van der Waals surface area contributed by atoms with Crippen LogP contribution in [0.25, 0.3) is 0 Å². The molecule has 4 heteroatoms. The number of nitrogens with one attached hydrogen (secondary N) is 1. The number of piperidine rings is 1. The van der Waals surface area contributed by atoms with Crippen LogP contribution in [0.2, 0.25) is 0 Å². The Bertz CT molecular complexity index is 349. The van der Waals surface area contributed by atoms with E-state index in [4.69, 9.17) is 4.74 Å². The number of nitrogens with zero attached hydrogens (tertiary/aromatic N) is 1. The summed E-state index contributed by atoms with van der Waals surface area (Å²) in [6.07, 6.45) is 11.0. The predicted molar refractivity (Wildman–Crippen MR) is 83.1 cm³/mol. The van der Waals surface area contributed by atoms with E-state index in [2.05, 4.69) is 10.2 Å². The molecule has 2 saturated carbocycles. The second-order valence-corrected chi connectivity index (χ2v) is 7.25. The molecule has 1 aliphatic heterocycles. The molecule has 2 unspecified atom stereocenters. The highest BCUT2D eigenvalue weighted by Gasteiger charge is 2.36. The van der Waals surface area contributed by atoms with Crippen molar-refractivity contribution in [3.63, 3.8) is 0 Å². The lowest BCUT2D eigenvalue weighted by Crippen LogP contribution is -2.52. The lowest BCUT2D eigenvalue weighted by atomic mass is 9.89. The summed E-state index contributed by atoms with van der Waals surface area (Å²) in [6, 6.07) is 2.21. The highest BCUT2D eigenvalue weighted by Crippen LogP contribution is 2.33. The summed E-state index contributed by atoms with van der Waals surface area (Å²) >= 11 is 0. The molecule has 2 aliphatic carbocycles. The molecule has 2 atom stereocenters. The number of rotatable bonds is 6. The van der Waals surface area contributed by atoms with Crippen molar-refractivity contribution in [3.8, 4) is 0 Å². The maximum atomic E-state index is 11.4. The molecule has 0 bridgehead atoms. The normalized spacial score (nSPS) is 31.5. The van der Waals surface area contributed by atoms with Crippen LogP contribution in [0.4, 0.5) is 0 Å². The summed E-state index contributed by atoms with van der Waals surface area (Å²) in [6.45, 7) is 2.40. The highest BCUT2D eigenvalue weighted by molar-refractivity contribution is 5.69. The summed E-state index contributed by atoms with van der Waals surface area (Å²) in [5, 5.41) is 3.90. The fraction of sp³-hybridized carbons (Fsp3) is 0.941. The third kappa shape index (κ3) is 4.43. The molecular weight excluding hydrogens is 264 g/mol. The van der Waals surface area contributed by atoms with Crippen molar-refractivity contribution < 1.29 is 9.53 Å². The number of carbonyl (C=O) groups is 1. The van der Waals surface area contributed by atoms with Crippen LogP contribution in [0.1, 0.15) is 57.8 Å². The number of methoxy groups -OCH3 is 1. The Balaban J connectivity index is 1.51. The molecule has 3 aliphatic rings. The molecule has 0 aromatic carbocycles. The zero-order valence-corrected chi connectivity index (χ0v) is 13.4. The molecule has 1 N–H and O–H groups in total. The molecule has 1 heterocycles. The van der Waals surface area contributed by atoms with Gasteiger partial charge in [0.1, 0.15) is 0 Å². The van der Waals surface area contributed by atoms with E-state index in [1.807, 2.05) is 0 Å². The van der Waals surface area contributed by atoms with Gasteiger partial charge in [-0.25, -0.2) is 0 Å². The van der Waals surface area contributed by atoms with Crippen LogP contribution >= 0.6 is 0 Å². The second-order valence-electron chi connectivity index (χ2n) is 7.25. The first-order valence-electron chi connectivity index (χ1n) is 8.81. The SMILES string of the molecule is COC(=O)CCC1CC(NC2CCCC2)CN(C2CC2)C1. The minimum Gasteiger partial charge on any atom is -0.469 e. The minimum absolute atomic E-state index is 0.0566. The number of hydrogen-bond donors (Lipinski definition) is 1. The summed E-state index contributed by atoms with van der Waals surface area (Å²) in [4.78, 5) is 14.1. The van der Waals surface area contributed by atoms with Crippen molar-refractivity contribution in [2.75, 3.05) is 20.2 Å². The van der Waals surface area contributed by atoms with E-state index in [-0.39, 0.29) is 5.97 Å². The lowest BCUT2D eigenvalue weighted by Gasteiger charge is -2.39. The number of esters is 1. The zero-order valence-electron chi connectivity index (χ0n) is 13.4. The van der Waals surface area contributed by atoms with Gasteiger partial charge in [0, 0.05) is 37.6 Å². The van der Waals surface area contributed by atoms with Gasteiger partial charge in [0.05, 0.1) is 7.11 Å². The number of likely N-dealkylation sites (tertiary alicyclic amines) is 1. The second kappa shape index (κ2) is 7.10. The quantitative estimate of drug-likeness (QED) is 0.763. The average molecular weight is 294 g/mol. The molecule has 4 nitrogen and oxygen atoms in total. The fourth-order valence-corrected chi connectivity index (χ4v) is 4.16. The van der Waals surface area contributed by atoms with Crippen LogP contribution < -0.4 is 5.32 Å². The molecule has 0 aromatic heterocycles. The predicted octanol–water partition coefficient (Wildman–Crippen LogP) is 2.32. The van der Waals surface area contributed by atoms with Crippen LogP contribution in [0.5, 0.6) is 0 Å². The van der Waals surface area contributed by atoms with Gasteiger partial charge in [-0.2, -0.15) is 0 Å². The maximum Gasteiger partial charge on any atom is 0.305 e. The highest BCUT2D eigenvalue weighted by atomic mass is 16.5. The van der Waals surface area contributed by atoms with Crippen LogP contribution in [0.15, 0.2) is 0 Å². The first kappa shape index (κ1) is 15.3. The van der Waals surface area contributed by atoms with Gasteiger partial charge in [0.15, 0.2) is 0 Å². The van der Waals surface area contributed by atoms with Crippen molar-refractivity contribution >= 4 is 5.97 Å². The van der Waals surface area contributed by atoms with E-state index in [1.54, 1.807) is 0 Å². The lowest BCUT2D eigenvalue weighted by molar-refractivity contribution is -0.141. The Morgan fingerprint density at radius 2 is 1.90 bits per heavy atom. The third-order valence-corrected chi connectivity index (χ3v) is 5.44. The number of hydrogen-bond acceptors (Lipinski definition) is 4. The van der Waals surface area contributed by atoms with Crippen LogP contribution in [-0.4, -0.2) is 49.2 Å². The standard InChI is InChI=1S/C17H30N2O2/c1-21-17(20)9-6-13-10-15(18-14-4-2-3-5-14)12-19(11-13)16-7-8-16/h13-16,18H,2-12H2,1H3. The maximum absolute atomic E-state index is 11.4. The van der Waals surface area contributed by atoms with Gasteiger partial charge in [-0.05, 0) is 44.4 Å². The van der Waals surface area contributed by atoms with Crippen molar-refractivity contribution in [3.05, 3.63) is 0 Å². The molecule has 1 saturated heterocycles. The monoisotopic (exact) mass is 294 g/mol. The van der Waals surface area contributed by atoms with Gasteiger partial charge >= 0.3 is 5.97 Å².